The molecule has 1 aromatic heterocycles. The molecule has 38 heavy (non-hydrogen) atoms. The Morgan fingerprint density at radius 1 is 1.21 bits per heavy atom. The predicted octanol–water partition coefficient (Wildman–Crippen LogP) is 3.09. The van der Waals surface area contributed by atoms with E-state index in [0.29, 0.717) is 37.2 Å². The van der Waals surface area contributed by atoms with Gasteiger partial charge in [0.05, 0.1) is 30.1 Å². The number of carbonyl (C=O) groups excluding carboxylic acids is 2. The van der Waals surface area contributed by atoms with Gasteiger partial charge >= 0.3 is 6.09 Å². The molecule has 0 aliphatic carbocycles. The molecule has 3 rings (SSSR count). The Bertz CT molecular complexity index is 1140. The molecular formula is C26H38FN5O6. The molecule has 1 saturated heterocycles. The van der Waals surface area contributed by atoms with Crippen molar-refractivity contribution < 1.29 is 33.5 Å². The minimum absolute atomic E-state index is 0.0133. The number of nitrogens with zero attached hydrogens (tertiary/aromatic N) is 5. The van der Waals surface area contributed by atoms with Gasteiger partial charge in [-0.1, -0.05) is 13.8 Å². The van der Waals surface area contributed by atoms with Crippen molar-refractivity contribution in [1.82, 2.24) is 24.4 Å². The standard InChI is InChI=1S/C26H38FN5O6/c1-17(2)14-32(20-12-18(24(33)29(3)38-5)15-30(16-20)26(35)36)25(34)23-28-21-9-8-19(27)13-22(21)31(23)10-6-7-11-37-4/h8-9,13,17-18,20H,6-7,10-12,14-16H2,1-5H3,(H,35,36)/t18-,20+/m1/s1. The van der Waals surface area contributed by atoms with Crippen LogP contribution in [0.5, 0.6) is 0 Å². The van der Waals surface area contributed by atoms with Crippen molar-refractivity contribution in [2.75, 3.05) is 47.5 Å². The number of piperidine rings is 1. The van der Waals surface area contributed by atoms with Gasteiger partial charge in [0.15, 0.2) is 5.82 Å². The molecule has 1 aromatic carbocycles. The highest BCUT2D eigenvalue weighted by atomic mass is 19.1. The van der Waals surface area contributed by atoms with E-state index in [-0.39, 0.29) is 43.1 Å². The molecule has 1 aliphatic heterocycles. The zero-order valence-electron chi connectivity index (χ0n) is 22.7. The summed E-state index contributed by atoms with van der Waals surface area (Å²) in [6.07, 6.45) is 0.556. The van der Waals surface area contributed by atoms with E-state index in [1.165, 1.54) is 31.2 Å². The van der Waals surface area contributed by atoms with E-state index >= 15 is 0 Å². The number of fused-ring (bicyclic) bond motifs is 1. The molecule has 3 amide bonds. The minimum atomic E-state index is -1.16. The summed E-state index contributed by atoms with van der Waals surface area (Å²) in [6, 6.07) is 3.65. The smallest absolute Gasteiger partial charge is 0.407 e. The highest BCUT2D eigenvalue weighted by molar-refractivity contribution is 5.95. The molecular weight excluding hydrogens is 497 g/mol. The van der Waals surface area contributed by atoms with Gasteiger partial charge in [-0.2, -0.15) is 0 Å². The second-order valence-corrected chi connectivity index (χ2v) is 10.1. The molecule has 0 spiro atoms. The lowest BCUT2D eigenvalue weighted by Gasteiger charge is -2.42. The van der Waals surface area contributed by atoms with Crippen molar-refractivity contribution in [3.63, 3.8) is 0 Å². The Morgan fingerprint density at radius 3 is 2.58 bits per heavy atom. The number of carboxylic acid groups (broad SMARTS) is 1. The van der Waals surface area contributed by atoms with E-state index in [2.05, 4.69) is 4.98 Å². The number of carbonyl (C=O) groups is 3. The number of unbranched alkanes of at least 4 members (excludes halogenated alkanes) is 1. The molecule has 2 aromatic rings. The number of methoxy groups -OCH3 is 1. The van der Waals surface area contributed by atoms with Gasteiger partial charge < -0.3 is 24.2 Å². The number of imidazole rings is 1. The summed E-state index contributed by atoms with van der Waals surface area (Å²) in [6.45, 7) is 5.33. The van der Waals surface area contributed by atoms with Crippen LogP contribution in [0.25, 0.3) is 11.0 Å². The lowest BCUT2D eigenvalue weighted by molar-refractivity contribution is -0.175. The fraction of sp³-hybridized carbons (Fsp3) is 0.615. The molecule has 2 heterocycles. The monoisotopic (exact) mass is 535 g/mol. The van der Waals surface area contributed by atoms with Crippen molar-refractivity contribution in [2.45, 2.75) is 45.7 Å². The Balaban J connectivity index is 2.01. The van der Waals surface area contributed by atoms with Crippen LogP contribution in [0.1, 0.15) is 43.7 Å². The van der Waals surface area contributed by atoms with E-state index in [1.807, 2.05) is 13.8 Å². The minimum Gasteiger partial charge on any atom is -0.465 e. The average Bonchev–Trinajstić information content (AvgIpc) is 3.25. The second-order valence-electron chi connectivity index (χ2n) is 10.1. The van der Waals surface area contributed by atoms with Crippen LogP contribution >= 0.6 is 0 Å². The van der Waals surface area contributed by atoms with Gasteiger partial charge in [-0.15, -0.1) is 0 Å². The summed E-state index contributed by atoms with van der Waals surface area (Å²) in [5, 5.41) is 10.9. The van der Waals surface area contributed by atoms with Crippen molar-refractivity contribution in [1.29, 1.82) is 0 Å². The number of hydrogen-bond donors (Lipinski definition) is 1. The first kappa shape index (κ1) is 29.3. The zero-order chi connectivity index (χ0) is 28.0. The molecule has 0 bridgehead atoms. The number of ether oxygens (including phenoxy) is 1. The number of aromatic nitrogens is 2. The molecule has 210 valence electrons. The first-order valence-electron chi connectivity index (χ1n) is 12.8. The van der Waals surface area contributed by atoms with E-state index in [0.717, 1.165) is 11.5 Å². The van der Waals surface area contributed by atoms with Crippen LogP contribution < -0.4 is 0 Å². The first-order chi connectivity index (χ1) is 18.1. The highest BCUT2D eigenvalue weighted by Gasteiger charge is 2.40. The number of rotatable bonds is 11. The van der Waals surface area contributed by atoms with Gasteiger partial charge in [0, 0.05) is 46.9 Å². The van der Waals surface area contributed by atoms with Crippen LogP contribution in [-0.4, -0.2) is 101 Å². The molecule has 2 atom stereocenters. The van der Waals surface area contributed by atoms with Crippen molar-refractivity contribution in [3.05, 3.63) is 29.8 Å². The molecule has 1 N–H and O–H groups in total. The average molecular weight is 536 g/mol. The lowest BCUT2D eigenvalue weighted by Crippen LogP contribution is -2.57. The summed E-state index contributed by atoms with van der Waals surface area (Å²) >= 11 is 0. The number of benzene rings is 1. The highest BCUT2D eigenvalue weighted by Crippen LogP contribution is 2.27. The molecule has 0 saturated carbocycles. The summed E-state index contributed by atoms with van der Waals surface area (Å²) in [4.78, 5) is 51.4. The lowest BCUT2D eigenvalue weighted by atomic mass is 9.91. The summed E-state index contributed by atoms with van der Waals surface area (Å²) in [5.74, 6) is -1.63. The Labute approximate surface area is 222 Å². The van der Waals surface area contributed by atoms with Gasteiger partial charge in [0.2, 0.25) is 0 Å². The molecule has 0 unspecified atom stereocenters. The number of aryl methyl sites for hydroxylation is 1. The van der Waals surface area contributed by atoms with Gasteiger partial charge in [0.25, 0.3) is 11.8 Å². The first-order valence-corrected chi connectivity index (χ1v) is 12.8. The fourth-order valence-corrected chi connectivity index (χ4v) is 4.90. The van der Waals surface area contributed by atoms with Crippen LogP contribution in [0.3, 0.4) is 0 Å². The molecule has 12 heteroatoms. The molecule has 1 fully saturated rings. The van der Waals surface area contributed by atoms with E-state index in [1.54, 1.807) is 22.6 Å². The predicted molar refractivity (Wildman–Crippen MR) is 138 cm³/mol. The number of halogens is 1. The maximum absolute atomic E-state index is 14.2. The summed E-state index contributed by atoms with van der Waals surface area (Å²) in [7, 11) is 4.45. The van der Waals surface area contributed by atoms with Crippen LogP contribution in [0.4, 0.5) is 9.18 Å². The fourth-order valence-electron chi connectivity index (χ4n) is 4.90. The molecule has 1 aliphatic rings. The number of hydroxylamine groups is 2. The maximum Gasteiger partial charge on any atom is 0.407 e. The SMILES string of the molecule is COCCCCn1c(C(=O)N(CC(C)C)[C@H]2C[C@@H](C(=O)N(C)OC)CN(C(=O)O)C2)nc2ccc(F)cc21. The Hall–Kier alpha value is -3.25. The number of amides is 3. The van der Waals surface area contributed by atoms with Crippen molar-refractivity contribution >= 4 is 28.9 Å². The zero-order valence-corrected chi connectivity index (χ0v) is 22.7. The summed E-state index contributed by atoms with van der Waals surface area (Å²) < 4.78 is 21.0. The van der Waals surface area contributed by atoms with Crippen LogP contribution in [0.15, 0.2) is 18.2 Å². The largest absolute Gasteiger partial charge is 0.465 e. The van der Waals surface area contributed by atoms with Gasteiger partial charge in [-0.3, -0.25) is 14.4 Å². The van der Waals surface area contributed by atoms with Crippen molar-refractivity contribution in [3.8, 4) is 0 Å². The molecule has 0 radical (unpaired) electrons. The van der Waals surface area contributed by atoms with Gasteiger partial charge in [0.1, 0.15) is 5.82 Å². The van der Waals surface area contributed by atoms with Crippen molar-refractivity contribution in [2.24, 2.45) is 11.8 Å². The van der Waals surface area contributed by atoms with Crippen LogP contribution in [-0.2, 0) is 20.9 Å². The number of hydrogen-bond acceptors (Lipinski definition) is 6. The third kappa shape index (κ3) is 6.79. The normalized spacial score (nSPS) is 17.7. The number of likely N-dealkylation sites (tertiary alicyclic amines) is 1. The quantitative estimate of drug-likeness (QED) is 0.347. The molecule has 11 nitrogen and oxygen atoms in total. The van der Waals surface area contributed by atoms with Crippen LogP contribution in [0.2, 0.25) is 0 Å². The van der Waals surface area contributed by atoms with E-state index in [9.17, 15) is 23.9 Å². The van der Waals surface area contributed by atoms with E-state index in [4.69, 9.17) is 9.57 Å². The van der Waals surface area contributed by atoms with Crippen LogP contribution in [0, 0.1) is 17.7 Å². The second kappa shape index (κ2) is 13.0. The van der Waals surface area contributed by atoms with Gasteiger partial charge in [-0.05, 0) is 43.4 Å². The Kier molecular flexibility index (Phi) is 10.0. The van der Waals surface area contributed by atoms with E-state index < -0.39 is 23.9 Å². The third-order valence-electron chi connectivity index (χ3n) is 6.78. The maximum atomic E-state index is 14.2. The third-order valence-corrected chi connectivity index (χ3v) is 6.78. The topological polar surface area (TPSA) is 117 Å². The van der Waals surface area contributed by atoms with Gasteiger partial charge in [-0.25, -0.2) is 19.2 Å². The summed E-state index contributed by atoms with van der Waals surface area (Å²) in [5.41, 5.74) is 1.01. The Morgan fingerprint density at radius 2 is 1.95 bits per heavy atom.